The Morgan fingerprint density at radius 2 is 1.76 bits per heavy atom. The molecule has 0 spiro atoms. The normalized spacial score (nSPS) is 20.8. The minimum Gasteiger partial charge on any atom is -0.496 e. The molecule has 1 heterocycles. The maximum atomic E-state index is 5.70. The number of nitrogens with zero attached hydrogens (tertiary/aromatic N) is 1. The second-order valence-corrected chi connectivity index (χ2v) is 8.21. The van der Waals surface area contributed by atoms with Gasteiger partial charge in [0.1, 0.15) is 11.6 Å². The number of nitrogens with one attached hydrogen (secondary N) is 1. The molecular weight excluding hydrogens is 356 g/mol. The number of methoxy groups -OCH3 is 1. The van der Waals surface area contributed by atoms with Gasteiger partial charge >= 0.3 is 0 Å². The molecule has 3 heteroatoms. The zero-order chi connectivity index (χ0) is 19.6. The highest BCUT2D eigenvalue weighted by Crippen LogP contribution is 2.30. The zero-order valence-corrected chi connectivity index (χ0v) is 17.0. The largest absolute Gasteiger partial charge is 0.496 e. The third-order valence-corrected chi connectivity index (χ3v) is 6.48. The molecule has 1 aliphatic carbocycles. The lowest BCUT2D eigenvalue weighted by Gasteiger charge is -2.23. The molecule has 1 aliphatic heterocycles. The fraction of sp³-hybridized carbons (Fsp3) is 0.346. The van der Waals surface area contributed by atoms with Crippen molar-refractivity contribution in [3.63, 3.8) is 0 Å². The fourth-order valence-electron chi connectivity index (χ4n) is 4.95. The summed E-state index contributed by atoms with van der Waals surface area (Å²) in [5.74, 6) is 2.07. The zero-order valence-electron chi connectivity index (χ0n) is 17.0. The second kappa shape index (κ2) is 7.90. The second-order valence-electron chi connectivity index (χ2n) is 8.21. The van der Waals surface area contributed by atoms with Crippen molar-refractivity contribution in [2.45, 2.75) is 50.6 Å². The quantitative estimate of drug-likeness (QED) is 0.648. The number of aliphatic imine (C=N–C) groups is 1. The number of rotatable bonds is 5. The van der Waals surface area contributed by atoms with Crippen molar-refractivity contribution in [2.75, 3.05) is 7.11 Å². The highest BCUT2D eigenvalue weighted by Gasteiger charge is 2.31. The van der Waals surface area contributed by atoms with Crippen LogP contribution < -0.4 is 10.1 Å². The van der Waals surface area contributed by atoms with Gasteiger partial charge in [0.25, 0.3) is 0 Å². The van der Waals surface area contributed by atoms with Crippen LogP contribution in [-0.2, 0) is 12.8 Å². The van der Waals surface area contributed by atoms with Crippen molar-refractivity contribution in [3.05, 3.63) is 77.4 Å². The number of benzene rings is 3. The molecule has 1 N–H and O–H groups in total. The molecule has 3 aromatic carbocycles. The Morgan fingerprint density at radius 1 is 0.931 bits per heavy atom. The molecule has 2 unspecified atom stereocenters. The molecule has 0 aromatic heterocycles. The number of hydrogen-bond donors (Lipinski definition) is 1. The summed E-state index contributed by atoms with van der Waals surface area (Å²) in [5.41, 5.74) is 3.91. The number of amidine groups is 1. The molecule has 3 aromatic rings. The summed E-state index contributed by atoms with van der Waals surface area (Å²) < 4.78 is 5.70. The summed E-state index contributed by atoms with van der Waals surface area (Å²) in [5, 5.41) is 6.28. The van der Waals surface area contributed by atoms with Crippen LogP contribution in [0, 0.1) is 0 Å². The van der Waals surface area contributed by atoms with Crippen LogP contribution in [0.5, 0.6) is 5.75 Å². The SMILES string of the molecule is COc1ccc2ccccc2c1CCc1ccccc1C1=NC2CCCCC2N1. The lowest BCUT2D eigenvalue weighted by atomic mass is 9.92. The van der Waals surface area contributed by atoms with Gasteiger partial charge in [0.05, 0.1) is 13.2 Å². The third-order valence-electron chi connectivity index (χ3n) is 6.48. The van der Waals surface area contributed by atoms with Crippen LogP contribution in [0.2, 0.25) is 0 Å². The summed E-state index contributed by atoms with van der Waals surface area (Å²) >= 11 is 0. The Bertz CT molecular complexity index is 1060. The van der Waals surface area contributed by atoms with Crippen molar-refractivity contribution in [2.24, 2.45) is 4.99 Å². The molecule has 0 radical (unpaired) electrons. The van der Waals surface area contributed by atoms with Crippen LogP contribution in [0.15, 0.2) is 65.7 Å². The Hall–Kier alpha value is -2.81. The van der Waals surface area contributed by atoms with E-state index in [1.165, 1.54) is 53.1 Å². The first-order chi connectivity index (χ1) is 14.3. The van der Waals surface area contributed by atoms with Gasteiger partial charge in [0.2, 0.25) is 0 Å². The first-order valence-electron chi connectivity index (χ1n) is 10.8. The number of ether oxygens (including phenoxy) is 1. The van der Waals surface area contributed by atoms with Gasteiger partial charge in [-0.3, -0.25) is 4.99 Å². The molecule has 3 nitrogen and oxygen atoms in total. The minimum atomic E-state index is 0.463. The molecule has 1 saturated carbocycles. The molecule has 2 atom stereocenters. The van der Waals surface area contributed by atoms with Gasteiger partial charge in [-0.25, -0.2) is 0 Å². The van der Waals surface area contributed by atoms with E-state index >= 15 is 0 Å². The van der Waals surface area contributed by atoms with Gasteiger partial charge in [-0.15, -0.1) is 0 Å². The Kier molecular flexibility index (Phi) is 4.97. The first kappa shape index (κ1) is 18.2. The maximum Gasteiger partial charge on any atom is 0.129 e. The van der Waals surface area contributed by atoms with E-state index in [1.807, 2.05) is 0 Å². The molecular formula is C26H28N2O. The van der Waals surface area contributed by atoms with Crippen molar-refractivity contribution in [3.8, 4) is 5.75 Å². The highest BCUT2D eigenvalue weighted by atomic mass is 16.5. The van der Waals surface area contributed by atoms with E-state index in [-0.39, 0.29) is 0 Å². The van der Waals surface area contributed by atoms with E-state index in [1.54, 1.807) is 7.11 Å². The molecule has 0 saturated heterocycles. The summed E-state index contributed by atoms with van der Waals surface area (Å²) in [6.45, 7) is 0. The smallest absolute Gasteiger partial charge is 0.129 e. The number of hydrogen-bond acceptors (Lipinski definition) is 3. The summed E-state index contributed by atoms with van der Waals surface area (Å²) in [6, 6.07) is 22.5. The lowest BCUT2D eigenvalue weighted by Crippen LogP contribution is -2.37. The van der Waals surface area contributed by atoms with Crippen LogP contribution >= 0.6 is 0 Å². The fourth-order valence-corrected chi connectivity index (χ4v) is 4.95. The Labute approximate surface area is 172 Å². The lowest BCUT2D eigenvalue weighted by molar-refractivity contribution is 0.385. The topological polar surface area (TPSA) is 33.6 Å². The Morgan fingerprint density at radius 3 is 2.66 bits per heavy atom. The van der Waals surface area contributed by atoms with Gasteiger partial charge < -0.3 is 10.1 Å². The van der Waals surface area contributed by atoms with Gasteiger partial charge in [0, 0.05) is 17.2 Å². The molecule has 0 bridgehead atoms. The van der Waals surface area contributed by atoms with E-state index in [2.05, 4.69) is 66.0 Å². The van der Waals surface area contributed by atoms with Gasteiger partial charge in [-0.2, -0.15) is 0 Å². The summed E-state index contributed by atoms with van der Waals surface area (Å²) in [6.07, 6.45) is 7.00. The molecule has 0 amide bonds. The van der Waals surface area contributed by atoms with E-state index in [4.69, 9.17) is 9.73 Å². The van der Waals surface area contributed by atoms with Crippen molar-refractivity contribution in [1.29, 1.82) is 0 Å². The third kappa shape index (κ3) is 3.50. The maximum absolute atomic E-state index is 5.70. The highest BCUT2D eigenvalue weighted by molar-refractivity contribution is 6.01. The minimum absolute atomic E-state index is 0.463. The van der Waals surface area contributed by atoms with Crippen LogP contribution in [0.3, 0.4) is 0 Å². The summed E-state index contributed by atoms with van der Waals surface area (Å²) in [4.78, 5) is 5.06. The van der Waals surface area contributed by atoms with Crippen molar-refractivity contribution >= 4 is 16.6 Å². The van der Waals surface area contributed by atoms with Crippen LogP contribution in [0.1, 0.15) is 42.4 Å². The average molecular weight is 385 g/mol. The average Bonchev–Trinajstić information content (AvgIpc) is 3.21. The predicted octanol–water partition coefficient (Wildman–Crippen LogP) is 5.29. The van der Waals surface area contributed by atoms with Gasteiger partial charge in [-0.1, -0.05) is 67.4 Å². The molecule has 5 rings (SSSR count). The molecule has 148 valence electrons. The van der Waals surface area contributed by atoms with Gasteiger partial charge in [-0.05, 0) is 48.1 Å². The monoisotopic (exact) mass is 384 g/mol. The van der Waals surface area contributed by atoms with E-state index in [0.717, 1.165) is 24.4 Å². The van der Waals surface area contributed by atoms with E-state index in [0.29, 0.717) is 12.1 Å². The summed E-state index contributed by atoms with van der Waals surface area (Å²) in [7, 11) is 1.76. The number of aryl methyl sites for hydroxylation is 2. The van der Waals surface area contributed by atoms with E-state index < -0.39 is 0 Å². The molecule has 2 aliphatic rings. The van der Waals surface area contributed by atoms with Crippen molar-refractivity contribution in [1.82, 2.24) is 5.32 Å². The first-order valence-corrected chi connectivity index (χ1v) is 10.8. The van der Waals surface area contributed by atoms with Crippen molar-refractivity contribution < 1.29 is 4.74 Å². The standard InChI is InChI=1S/C26H28N2O/c1-29-25-17-15-18-8-2-4-10-20(18)22(25)16-14-19-9-3-5-11-21(19)26-27-23-12-6-7-13-24(23)28-26/h2-5,8-11,15,17,23-24H,6-7,12-14,16H2,1H3,(H,27,28). The van der Waals surface area contributed by atoms with Gasteiger partial charge in [0.15, 0.2) is 0 Å². The molecule has 29 heavy (non-hydrogen) atoms. The number of fused-ring (bicyclic) bond motifs is 2. The van der Waals surface area contributed by atoms with Crippen LogP contribution in [0.25, 0.3) is 10.8 Å². The van der Waals surface area contributed by atoms with Crippen LogP contribution in [0.4, 0.5) is 0 Å². The van der Waals surface area contributed by atoms with E-state index in [9.17, 15) is 0 Å². The van der Waals surface area contributed by atoms with Crippen LogP contribution in [-0.4, -0.2) is 25.0 Å². The molecule has 1 fully saturated rings. The predicted molar refractivity (Wildman–Crippen MR) is 120 cm³/mol. The Balaban J connectivity index is 1.44.